The smallest absolute Gasteiger partial charge is 0.401 e. The van der Waals surface area contributed by atoms with Crippen LogP contribution in [0.3, 0.4) is 0 Å². The zero-order chi connectivity index (χ0) is 15.2. The summed E-state index contributed by atoms with van der Waals surface area (Å²) in [5, 5.41) is 0. The van der Waals surface area contributed by atoms with Crippen LogP contribution in [-0.4, -0.2) is 49.9 Å². The third-order valence-corrected chi connectivity index (χ3v) is 2.59. The first-order valence-corrected chi connectivity index (χ1v) is 5.96. The fraction of sp³-hybridized carbons (Fsp3) is 0.583. The van der Waals surface area contributed by atoms with Crippen molar-refractivity contribution in [2.45, 2.75) is 12.7 Å². The number of nitrogens with two attached hydrogens (primary N) is 1. The molecule has 20 heavy (non-hydrogen) atoms. The molecule has 0 amide bonds. The van der Waals surface area contributed by atoms with E-state index in [0.717, 1.165) is 0 Å². The summed E-state index contributed by atoms with van der Waals surface area (Å²) in [5.41, 5.74) is 5.72. The first kappa shape index (κ1) is 16.5. The van der Waals surface area contributed by atoms with Crippen LogP contribution in [0.2, 0.25) is 0 Å². The number of aromatic nitrogens is 1. The molecule has 5 nitrogen and oxygen atoms in total. The second kappa shape index (κ2) is 7.30. The average Bonchev–Trinajstić information content (AvgIpc) is 2.36. The molecule has 0 fully saturated rings. The molecule has 0 unspecified atom stereocenters. The largest absolute Gasteiger partial charge is 0.493 e. The third kappa shape index (κ3) is 4.86. The SMILES string of the molecule is COc1ccnc(CN(CCN)CC(F)(F)F)c1OC. The van der Waals surface area contributed by atoms with E-state index in [9.17, 15) is 13.2 Å². The minimum Gasteiger partial charge on any atom is -0.493 e. The van der Waals surface area contributed by atoms with E-state index in [1.165, 1.54) is 25.3 Å². The van der Waals surface area contributed by atoms with Gasteiger partial charge in [-0.05, 0) is 0 Å². The van der Waals surface area contributed by atoms with Crippen LogP contribution in [-0.2, 0) is 6.54 Å². The maximum Gasteiger partial charge on any atom is 0.401 e. The minimum absolute atomic E-state index is 0.0168. The third-order valence-electron chi connectivity index (χ3n) is 2.59. The molecule has 0 spiro atoms. The number of ether oxygens (including phenoxy) is 2. The van der Waals surface area contributed by atoms with Crippen molar-refractivity contribution in [3.8, 4) is 11.5 Å². The Bertz CT molecular complexity index is 427. The fourth-order valence-electron chi connectivity index (χ4n) is 1.83. The van der Waals surface area contributed by atoms with Crippen LogP contribution in [0.15, 0.2) is 12.3 Å². The van der Waals surface area contributed by atoms with Crippen LogP contribution in [0.25, 0.3) is 0 Å². The Hall–Kier alpha value is -1.54. The zero-order valence-corrected chi connectivity index (χ0v) is 11.4. The van der Waals surface area contributed by atoms with Crippen molar-refractivity contribution in [2.75, 3.05) is 33.9 Å². The van der Waals surface area contributed by atoms with E-state index in [0.29, 0.717) is 17.2 Å². The van der Waals surface area contributed by atoms with Crippen LogP contribution in [0.5, 0.6) is 11.5 Å². The number of rotatable bonds is 7. The Labute approximate surface area is 115 Å². The van der Waals surface area contributed by atoms with Crippen molar-refractivity contribution < 1.29 is 22.6 Å². The first-order chi connectivity index (χ1) is 9.41. The molecule has 0 aliphatic rings. The molecule has 1 heterocycles. The number of nitrogens with zero attached hydrogens (tertiary/aromatic N) is 2. The van der Waals surface area contributed by atoms with Gasteiger partial charge in [0.05, 0.1) is 20.8 Å². The molecule has 1 aromatic rings. The van der Waals surface area contributed by atoms with E-state index in [-0.39, 0.29) is 19.6 Å². The number of alkyl halides is 3. The lowest BCUT2D eigenvalue weighted by atomic mass is 10.2. The lowest BCUT2D eigenvalue weighted by molar-refractivity contribution is -0.146. The zero-order valence-electron chi connectivity index (χ0n) is 11.4. The van der Waals surface area contributed by atoms with Gasteiger partial charge in [-0.2, -0.15) is 13.2 Å². The molecular formula is C12H18F3N3O2. The van der Waals surface area contributed by atoms with E-state index < -0.39 is 12.7 Å². The van der Waals surface area contributed by atoms with E-state index in [1.807, 2.05) is 0 Å². The molecule has 0 atom stereocenters. The van der Waals surface area contributed by atoms with Gasteiger partial charge in [0.25, 0.3) is 0 Å². The number of halogens is 3. The monoisotopic (exact) mass is 293 g/mol. The van der Waals surface area contributed by atoms with E-state index in [2.05, 4.69) is 4.98 Å². The van der Waals surface area contributed by atoms with Gasteiger partial charge in [-0.3, -0.25) is 9.88 Å². The molecule has 0 saturated heterocycles. The molecular weight excluding hydrogens is 275 g/mol. The average molecular weight is 293 g/mol. The highest BCUT2D eigenvalue weighted by Gasteiger charge is 2.31. The van der Waals surface area contributed by atoms with Crippen molar-refractivity contribution in [1.82, 2.24) is 9.88 Å². The van der Waals surface area contributed by atoms with Crippen LogP contribution in [0.4, 0.5) is 13.2 Å². The van der Waals surface area contributed by atoms with Crippen LogP contribution < -0.4 is 15.2 Å². The van der Waals surface area contributed by atoms with Gasteiger partial charge in [-0.15, -0.1) is 0 Å². The maximum absolute atomic E-state index is 12.5. The summed E-state index contributed by atoms with van der Waals surface area (Å²) < 4.78 is 47.7. The van der Waals surface area contributed by atoms with Gasteiger partial charge in [0.1, 0.15) is 5.69 Å². The summed E-state index contributed by atoms with van der Waals surface area (Å²) in [4.78, 5) is 5.23. The topological polar surface area (TPSA) is 60.6 Å². The minimum atomic E-state index is -4.29. The lowest BCUT2D eigenvalue weighted by Gasteiger charge is -2.23. The van der Waals surface area contributed by atoms with Crippen molar-refractivity contribution in [3.63, 3.8) is 0 Å². The Morgan fingerprint density at radius 3 is 2.50 bits per heavy atom. The van der Waals surface area contributed by atoms with Gasteiger partial charge in [0.2, 0.25) is 0 Å². The summed E-state index contributed by atoms with van der Waals surface area (Å²) in [6, 6.07) is 1.58. The van der Waals surface area contributed by atoms with Gasteiger partial charge in [-0.1, -0.05) is 0 Å². The molecule has 114 valence electrons. The molecule has 0 aliphatic heterocycles. The quantitative estimate of drug-likeness (QED) is 0.824. The predicted octanol–water partition coefficient (Wildman–Crippen LogP) is 1.42. The summed E-state index contributed by atoms with van der Waals surface area (Å²) in [7, 11) is 2.87. The van der Waals surface area contributed by atoms with Crippen LogP contribution >= 0.6 is 0 Å². The van der Waals surface area contributed by atoms with Crippen molar-refractivity contribution in [1.29, 1.82) is 0 Å². The highest BCUT2D eigenvalue weighted by atomic mass is 19.4. The van der Waals surface area contributed by atoms with Crippen molar-refractivity contribution in [3.05, 3.63) is 18.0 Å². The molecule has 2 N–H and O–H groups in total. The number of hydrogen-bond acceptors (Lipinski definition) is 5. The second-order valence-electron chi connectivity index (χ2n) is 4.11. The highest BCUT2D eigenvalue weighted by Crippen LogP contribution is 2.30. The van der Waals surface area contributed by atoms with Gasteiger partial charge in [0.15, 0.2) is 11.5 Å². The van der Waals surface area contributed by atoms with Gasteiger partial charge >= 0.3 is 6.18 Å². The first-order valence-electron chi connectivity index (χ1n) is 5.96. The van der Waals surface area contributed by atoms with E-state index in [4.69, 9.17) is 15.2 Å². The molecule has 0 saturated carbocycles. The Morgan fingerprint density at radius 2 is 2.00 bits per heavy atom. The molecule has 0 radical (unpaired) electrons. The highest BCUT2D eigenvalue weighted by molar-refractivity contribution is 5.42. The lowest BCUT2D eigenvalue weighted by Crippen LogP contribution is -2.37. The van der Waals surface area contributed by atoms with Gasteiger partial charge in [0, 0.05) is 31.9 Å². The van der Waals surface area contributed by atoms with Crippen molar-refractivity contribution >= 4 is 0 Å². The number of methoxy groups -OCH3 is 2. The number of hydrogen-bond donors (Lipinski definition) is 1. The summed E-state index contributed by atoms with van der Waals surface area (Å²) in [6.45, 7) is -0.826. The van der Waals surface area contributed by atoms with Crippen molar-refractivity contribution in [2.24, 2.45) is 5.73 Å². The van der Waals surface area contributed by atoms with Gasteiger partial charge < -0.3 is 15.2 Å². The molecule has 1 rings (SSSR count). The standard InChI is InChI=1S/C12H18F3N3O2/c1-19-10-3-5-17-9(11(10)20-2)7-18(6-4-16)8-12(13,14)15/h3,5H,4,6-8,16H2,1-2H3. The molecule has 0 bridgehead atoms. The Balaban J connectivity index is 2.93. The van der Waals surface area contributed by atoms with Gasteiger partial charge in [-0.25, -0.2) is 0 Å². The normalized spacial score (nSPS) is 11.8. The maximum atomic E-state index is 12.5. The molecule has 1 aromatic heterocycles. The predicted molar refractivity (Wildman–Crippen MR) is 67.7 cm³/mol. The van der Waals surface area contributed by atoms with E-state index >= 15 is 0 Å². The molecule has 8 heteroatoms. The van der Waals surface area contributed by atoms with Crippen LogP contribution in [0, 0.1) is 0 Å². The number of pyridine rings is 1. The Morgan fingerprint density at radius 1 is 1.30 bits per heavy atom. The summed E-state index contributed by atoms with van der Waals surface area (Å²) >= 11 is 0. The fourth-order valence-corrected chi connectivity index (χ4v) is 1.83. The molecule has 0 aliphatic carbocycles. The second-order valence-corrected chi connectivity index (χ2v) is 4.11. The van der Waals surface area contributed by atoms with E-state index in [1.54, 1.807) is 6.07 Å². The van der Waals surface area contributed by atoms with Crippen LogP contribution in [0.1, 0.15) is 5.69 Å². The molecule has 0 aromatic carbocycles. The summed E-state index contributed by atoms with van der Waals surface area (Å²) in [5.74, 6) is 0.761. The Kier molecular flexibility index (Phi) is 6.03. The summed E-state index contributed by atoms with van der Waals surface area (Å²) in [6.07, 6.45) is -2.83.